The standard InChI is InChI=1S/C13H25NO4/c1-3-6-14(7-4-5-8-17-2)12-10-18-9-11(12)13(15)16/h11-12H,3-10H2,1-2H3,(H,15,16). The molecule has 0 spiro atoms. The van der Waals surface area contributed by atoms with Crippen molar-refractivity contribution in [1.29, 1.82) is 0 Å². The molecule has 0 amide bonds. The molecule has 5 heteroatoms. The van der Waals surface area contributed by atoms with Crippen LogP contribution >= 0.6 is 0 Å². The lowest BCUT2D eigenvalue weighted by atomic mass is 10.0. The fourth-order valence-corrected chi connectivity index (χ4v) is 2.43. The van der Waals surface area contributed by atoms with Crippen LogP contribution < -0.4 is 0 Å². The Bertz CT molecular complexity index is 247. The van der Waals surface area contributed by atoms with Crippen LogP contribution in [0.3, 0.4) is 0 Å². The van der Waals surface area contributed by atoms with Gasteiger partial charge in [0.15, 0.2) is 0 Å². The predicted octanol–water partition coefficient (Wildman–Crippen LogP) is 1.22. The van der Waals surface area contributed by atoms with E-state index in [1.807, 2.05) is 0 Å². The van der Waals surface area contributed by atoms with Gasteiger partial charge in [-0.25, -0.2) is 0 Å². The maximum Gasteiger partial charge on any atom is 0.310 e. The summed E-state index contributed by atoms with van der Waals surface area (Å²) in [5.74, 6) is -1.12. The van der Waals surface area contributed by atoms with Gasteiger partial charge in [0.05, 0.1) is 19.1 Å². The molecule has 1 rings (SSSR count). The van der Waals surface area contributed by atoms with Crippen molar-refractivity contribution >= 4 is 5.97 Å². The first-order valence-corrected chi connectivity index (χ1v) is 6.74. The van der Waals surface area contributed by atoms with Crippen LogP contribution in [-0.4, -0.2) is 62.0 Å². The number of carboxylic acid groups (broad SMARTS) is 1. The van der Waals surface area contributed by atoms with Crippen molar-refractivity contribution in [2.75, 3.05) is 40.0 Å². The van der Waals surface area contributed by atoms with Gasteiger partial charge >= 0.3 is 5.97 Å². The lowest BCUT2D eigenvalue weighted by Gasteiger charge is -2.30. The highest BCUT2D eigenvalue weighted by Crippen LogP contribution is 2.20. The van der Waals surface area contributed by atoms with Gasteiger partial charge in [0.1, 0.15) is 0 Å². The Balaban J connectivity index is 2.46. The Hall–Kier alpha value is -0.650. The van der Waals surface area contributed by atoms with Gasteiger partial charge in [-0.1, -0.05) is 6.92 Å². The summed E-state index contributed by atoms with van der Waals surface area (Å²) in [6.45, 7) is 5.64. The van der Waals surface area contributed by atoms with Crippen molar-refractivity contribution in [3.8, 4) is 0 Å². The van der Waals surface area contributed by atoms with Crippen LogP contribution in [0.2, 0.25) is 0 Å². The van der Waals surface area contributed by atoms with Crippen molar-refractivity contribution < 1.29 is 19.4 Å². The topological polar surface area (TPSA) is 59.0 Å². The summed E-state index contributed by atoms with van der Waals surface area (Å²) >= 11 is 0. The number of methoxy groups -OCH3 is 1. The quantitative estimate of drug-likeness (QED) is 0.631. The van der Waals surface area contributed by atoms with Crippen LogP contribution in [0.1, 0.15) is 26.2 Å². The molecule has 0 saturated carbocycles. The second-order valence-corrected chi connectivity index (χ2v) is 4.79. The number of ether oxygens (including phenoxy) is 2. The van der Waals surface area contributed by atoms with E-state index < -0.39 is 5.97 Å². The maximum atomic E-state index is 11.2. The van der Waals surface area contributed by atoms with Gasteiger partial charge in [-0.15, -0.1) is 0 Å². The van der Waals surface area contributed by atoms with E-state index in [9.17, 15) is 9.90 Å². The predicted molar refractivity (Wildman–Crippen MR) is 68.7 cm³/mol. The second-order valence-electron chi connectivity index (χ2n) is 4.79. The average Bonchev–Trinajstić information content (AvgIpc) is 2.82. The van der Waals surface area contributed by atoms with Crippen molar-refractivity contribution in [3.05, 3.63) is 0 Å². The molecule has 106 valence electrons. The van der Waals surface area contributed by atoms with E-state index in [2.05, 4.69) is 11.8 Å². The minimum atomic E-state index is -0.740. The maximum absolute atomic E-state index is 11.2. The summed E-state index contributed by atoms with van der Waals surface area (Å²) in [4.78, 5) is 13.4. The van der Waals surface area contributed by atoms with Crippen LogP contribution in [0, 0.1) is 5.92 Å². The molecule has 1 N–H and O–H groups in total. The van der Waals surface area contributed by atoms with E-state index in [-0.39, 0.29) is 12.0 Å². The molecule has 1 aliphatic heterocycles. The van der Waals surface area contributed by atoms with E-state index in [4.69, 9.17) is 9.47 Å². The van der Waals surface area contributed by atoms with Crippen molar-refractivity contribution in [3.63, 3.8) is 0 Å². The average molecular weight is 259 g/mol. The number of unbranched alkanes of at least 4 members (excludes halogenated alkanes) is 1. The summed E-state index contributed by atoms with van der Waals surface area (Å²) in [6.07, 6.45) is 3.09. The molecule has 1 saturated heterocycles. The number of hydrogen-bond donors (Lipinski definition) is 1. The minimum Gasteiger partial charge on any atom is -0.481 e. The van der Waals surface area contributed by atoms with Gasteiger partial charge in [-0.05, 0) is 32.4 Å². The molecular weight excluding hydrogens is 234 g/mol. The zero-order valence-corrected chi connectivity index (χ0v) is 11.4. The molecule has 2 unspecified atom stereocenters. The number of nitrogens with zero attached hydrogens (tertiary/aromatic N) is 1. The van der Waals surface area contributed by atoms with Crippen molar-refractivity contribution in [1.82, 2.24) is 4.90 Å². The normalized spacial score (nSPS) is 23.7. The fraction of sp³-hybridized carbons (Fsp3) is 0.923. The van der Waals surface area contributed by atoms with Crippen molar-refractivity contribution in [2.45, 2.75) is 32.2 Å². The molecule has 0 aromatic heterocycles. The van der Waals surface area contributed by atoms with Crippen molar-refractivity contribution in [2.24, 2.45) is 5.92 Å². The summed E-state index contributed by atoms with van der Waals surface area (Å²) in [7, 11) is 1.70. The Morgan fingerprint density at radius 3 is 2.78 bits per heavy atom. The largest absolute Gasteiger partial charge is 0.481 e. The fourth-order valence-electron chi connectivity index (χ4n) is 2.43. The molecule has 1 heterocycles. The molecule has 0 aromatic carbocycles. The summed E-state index contributed by atoms with van der Waals surface area (Å²) in [5.41, 5.74) is 0. The Labute approximate surface area is 109 Å². The van der Waals surface area contributed by atoms with Crippen LogP contribution in [-0.2, 0) is 14.3 Å². The van der Waals surface area contributed by atoms with Crippen LogP contribution in [0.15, 0.2) is 0 Å². The molecular formula is C13H25NO4. The summed E-state index contributed by atoms with van der Waals surface area (Å²) in [5, 5.41) is 9.18. The number of aliphatic carboxylic acids is 1. The number of carboxylic acids is 1. The molecule has 1 aliphatic rings. The SMILES string of the molecule is CCCN(CCCCOC)C1COCC1C(=O)O. The van der Waals surface area contributed by atoms with Gasteiger partial charge < -0.3 is 14.6 Å². The zero-order valence-electron chi connectivity index (χ0n) is 11.4. The third kappa shape index (κ3) is 4.55. The third-order valence-electron chi connectivity index (χ3n) is 3.39. The van der Waals surface area contributed by atoms with Crippen LogP contribution in [0.25, 0.3) is 0 Å². The zero-order chi connectivity index (χ0) is 13.4. The molecule has 0 aliphatic carbocycles. The van der Waals surface area contributed by atoms with Crippen LogP contribution in [0.4, 0.5) is 0 Å². The molecule has 0 bridgehead atoms. The lowest BCUT2D eigenvalue weighted by Crippen LogP contribution is -2.44. The Morgan fingerprint density at radius 1 is 1.39 bits per heavy atom. The summed E-state index contributed by atoms with van der Waals surface area (Å²) in [6, 6.07) is 0.0324. The molecule has 2 atom stereocenters. The Morgan fingerprint density at radius 2 is 2.17 bits per heavy atom. The Kier molecular flexibility index (Phi) is 7.23. The van der Waals surface area contributed by atoms with Gasteiger partial charge in [-0.2, -0.15) is 0 Å². The van der Waals surface area contributed by atoms with E-state index in [1.54, 1.807) is 7.11 Å². The van der Waals surface area contributed by atoms with Gasteiger partial charge in [0.2, 0.25) is 0 Å². The second kappa shape index (κ2) is 8.45. The van der Waals surface area contributed by atoms with Gasteiger partial charge in [0.25, 0.3) is 0 Å². The first-order valence-electron chi connectivity index (χ1n) is 6.74. The lowest BCUT2D eigenvalue weighted by molar-refractivity contribution is -0.143. The first kappa shape index (κ1) is 15.4. The number of carbonyl (C=O) groups is 1. The number of hydrogen-bond acceptors (Lipinski definition) is 4. The van der Waals surface area contributed by atoms with E-state index in [0.717, 1.165) is 39.0 Å². The molecule has 18 heavy (non-hydrogen) atoms. The molecule has 0 radical (unpaired) electrons. The summed E-state index contributed by atoms with van der Waals surface area (Å²) < 4.78 is 10.4. The number of rotatable bonds is 9. The highest BCUT2D eigenvalue weighted by Gasteiger charge is 2.37. The first-order chi connectivity index (χ1) is 8.70. The molecule has 0 aromatic rings. The molecule has 5 nitrogen and oxygen atoms in total. The van der Waals surface area contributed by atoms with E-state index in [0.29, 0.717) is 13.2 Å². The highest BCUT2D eigenvalue weighted by molar-refractivity contribution is 5.71. The monoisotopic (exact) mass is 259 g/mol. The third-order valence-corrected chi connectivity index (χ3v) is 3.39. The van der Waals surface area contributed by atoms with Gasteiger partial charge in [0, 0.05) is 19.8 Å². The minimum absolute atomic E-state index is 0.0324. The highest BCUT2D eigenvalue weighted by atomic mass is 16.5. The molecule has 1 fully saturated rings. The van der Waals surface area contributed by atoms with Crippen LogP contribution in [0.5, 0.6) is 0 Å². The van der Waals surface area contributed by atoms with E-state index >= 15 is 0 Å². The smallest absolute Gasteiger partial charge is 0.310 e. The van der Waals surface area contributed by atoms with E-state index in [1.165, 1.54) is 0 Å². The van der Waals surface area contributed by atoms with Gasteiger partial charge in [-0.3, -0.25) is 9.69 Å².